The molecule has 0 amide bonds. The number of rotatable bonds is 5. The molecule has 0 fully saturated rings. The quantitative estimate of drug-likeness (QED) is 0.664. The first-order valence-electron chi connectivity index (χ1n) is 5.92. The summed E-state index contributed by atoms with van der Waals surface area (Å²) in [5.74, 6) is 0.863. The number of H-pyrrole nitrogens is 1. The van der Waals surface area contributed by atoms with Gasteiger partial charge in [0.05, 0.1) is 6.21 Å². The smallest absolute Gasteiger partial charge is 0.216 e. The van der Waals surface area contributed by atoms with Crippen LogP contribution in [0.1, 0.15) is 31.2 Å². The Bertz CT molecular complexity index is 570. The predicted octanol–water partition coefficient (Wildman–Crippen LogP) is 2.56. The molecule has 2 rings (SSSR count). The van der Waals surface area contributed by atoms with E-state index in [1.807, 2.05) is 12.1 Å². The summed E-state index contributed by atoms with van der Waals surface area (Å²) in [6.45, 7) is 2.14. The maximum absolute atomic E-state index is 5.15. The number of aromatic nitrogens is 4. The molecular weight excluding hydrogens is 246 g/mol. The molecule has 0 saturated carbocycles. The molecule has 6 heteroatoms. The van der Waals surface area contributed by atoms with Crippen molar-refractivity contribution < 1.29 is 0 Å². The number of unbranched alkanes of at least 4 members (excludes halogenated alkanes) is 1. The van der Waals surface area contributed by atoms with Gasteiger partial charge in [-0.2, -0.15) is 14.9 Å². The van der Waals surface area contributed by atoms with Gasteiger partial charge in [-0.25, -0.2) is 0 Å². The Morgan fingerprint density at radius 3 is 3.17 bits per heavy atom. The summed E-state index contributed by atoms with van der Waals surface area (Å²) in [5.41, 5.74) is 0.932. The van der Waals surface area contributed by atoms with Crippen molar-refractivity contribution in [3.8, 4) is 0 Å². The first kappa shape index (κ1) is 12.6. The molecule has 0 bridgehead atoms. The number of pyridine rings is 1. The zero-order chi connectivity index (χ0) is 12.8. The molecular formula is C12H15N5S. The van der Waals surface area contributed by atoms with E-state index in [0.717, 1.165) is 30.7 Å². The SMILES string of the molecule is CCCCc1n[nH]c(=S)n1/N=C\c1cccnc1. The van der Waals surface area contributed by atoms with E-state index < -0.39 is 0 Å². The average Bonchev–Trinajstić information content (AvgIpc) is 2.76. The standard InChI is InChI=1S/C12H15N5S/c1-2-3-6-11-15-16-12(18)17(11)14-9-10-5-4-7-13-8-10/h4-5,7-9H,2-3,6H2,1H3,(H,16,18)/b14-9-. The lowest BCUT2D eigenvalue weighted by Crippen LogP contribution is -1.99. The molecule has 2 aromatic heterocycles. The summed E-state index contributed by atoms with van der Waals surface area (Å²) in [6, 6.07) is 3.81. The van der Waals surface area contributed by atoms with Gasteiger partial charge in [-0.3, -0.25) is 10.1 Å². The number of hydrogen-bond acceptors (Lipinski definition) is 4. The van der Waals surface area contributed by atoms with Gasteiger partial charge in [-0.05, 0) is 24.7 Å². The van der Waals surface area contributed by atoms with Crippen LogP contribution in [0.2, 0.25) is 0 Å². The van der Waals surface area contributed by atoms with Crippen LogP contribution in [0.15, 0.2) is 29.6 Å². The molecule has 2 aromatic rings. The lowest BCUT2D eigenvalue weighted by Gasteiger charge is -1.99. The van der Waals surface area contributed by atoms with Crippen LogP contribution in [0.3, 0.4) is 0 Å². The van der Waals surface area contributed by atoms with Crippen LogP contribution in [0, 0.1) is 4.77 Å². The van der Waals surface area contributed by atoms with E-state index in [9.17, 15) is 0 Å². The molecule has 0 aliphatic carbocycles. The minimum atomic E-state index is 0.515. The zero-order valence-electron chi connectivity index (χ0n) is 10.2. The molecule has 18 heavy (non-hydrogen) atoms. The Balaban J connectivity index is 2.20. The monoisotopic (exact) mass is 261 g/mol. The molecule has 0 aliphatic rings. The van der Waals surface area contributed by atoms with E-state index in [4.69, 9.17) is 12.2 Å². The topological polar surface area (TPSA) is 58.9 Å². The molecule has 5 nitrogen and oxygen atoms in total. The third-order valence-electron chi connectivity index (χ3n) is 2.48. The Labute approximate surface area is 111 Å². The van der Waals surface area contributed by atoms with Gasteiger partial charge in [-0.1, -0.05) is 19.4 Å². The van der Waals surface area contributed by atoms with Gasteiger partial charge < -0.3 is 0 Å². The minimum absolute atomic E-state index is 0.515. The third kappa shape index (κ3) is 3.10. The lowest BCUT2D eigenvalue weighted by molar-refractivity contribution is 0.700. The third-order valence-corrected chi connectivity index (χ3v) is 2.74. The summed E-state index contributed by atoms with van der Waals surface area (Å²) in [6.07, 6.45) is 8.27. The van der Waals surface area contributed by atoms with Gasteiger partial charge in [0.25, 0.3) is 0 Å². The van der Waals surface area contributed by atoms with E-state index in [0.29, 0.717) is 4.77 Å². The molecule has 94 valence electrons. The molecule has 0 aliphatic heterocycles. The Kier molecular flexibility index (Phi) is 4.35. The van der Waals surface area contributed by atoms with E-state index in [1.54, 1.807) is 23.3 Å². The Morgan fingerprint density at radius 2 is 2.44 bits per heavy atom. The predicted molar refractivity (Wildman–Crippen MR) is 73.3 cm³/mol. The first-order chi connectivity index (χ1) is 8.81. The van der Waals surface area contributed by atoms with Gasteiger partial charge in [0, 0.05) is 24.4 Å². The second kappa shape index (κ2) is 6.20. The molecule has 0 radical (unpaired) electrons. The first-order valence-corrected chi connectivity index (χ1v) is 6.32. The maximum Gasteiger partial charge on any atom is 0.216 e. The molecule has 0 saturated heterocycles. The normalized spacial score (nSPS) is 11.2. The molecule has 1 N–H and O–H groups in total. The number of hydrogen-bond donors (Lipinski definition) is 1. The van der Waals surface area contributed by atoms with Crippen molar-refractivity contribution in [1.82, 2.24) is 19.9 Å². The van der Waals surface area contributed by atoms with Crippen LogP contribution in [0.5, 0.6) is 0 Å². The molecule has 0 unspecified atom stereocenters. The van der Waals surface area contributed by atoms with E-state index in [1.165, 1.54) is 0 Å². The summed E-state index contributed by atoms with van der Waals surface area (Å²) < 4.78 is 2.18. The fourth-order valence-corrected chi connectivity index (χ4v) is 1.71. The second-order valence-corrected chi connectivity index (χ2v) is 4.28. The van der Waals surface area contributed by atoms with E-state index >= 15 is 0 Å². The maximum atomic E-state index is 5.15. The average molecular weight is 261 g/mol. The van der Waals surface area contributed by atoms with Crippen molar-refractivity contribution in [2.24, 2.45) is 5.10 Å². The molecule has 0 spiro atoms. The van der Waals surface area contributed by atoms with Crippen LogP contribution >= 0.6 is 12.2 Å². The number of nitrogens with zero attached hydrogens (tertiary/aromatic N) is 4. The van der Waals surface area contributed by atoms with E-state index in [2.05, 4.69) is 27.2 Å². The summed E-state index contributed by atoms with van der Waals surface area (Å²) in [4.78, 5) is 4.03. The van der Waals surface area contributed by atoms with Gasteiger partial charge >= 0.3 is 0 Å². The highest BCUT2D eigenvalue weighted by Gasteiger charge is 2.03. The van der Waals surface area contributed by atoms with Gasteiger partial charge in [0.2, 0.25) is 4.77 Å². The van der Waals surface area contributed by atoms with Crippen molar-refractivity contribution in [1.29, 1.82) is 0 Å². The highest BCUT2D eigenvalue weighted by Crippen LogP contribution is 2.03. The van der Waals surface area contributed by atoms with Crippen LogP contribution < -0.4 is 0 Å². The fraction of sp³-hybridized carbons (Fsp3) is 0.333. The van der Waals surface area contributed by atoms with Crippen molar-refractivity contribution in [3.05, 3.63) is 40.7 Å². The van der Waals surface area contributed by atoms with Crippen molar-refractivity contribution >= 4 is 18.4 Å². The highest BCUT2D eigenvalue weighted by atomic mass is 32.1. The fourth-order valence-electron chi connectivity index (χ4n) is 1.52. The zero-order valence-corrected chi connectivity index (χ0v) is 11.0. The number of aryl methyl sites for hydroxylation is 1. The largest absolute Gasteiger partial charge is 0.264 e. The second-order valence-electron chi connectivity index (χ2n) is 3.89. The van der Waals surface area contributed by atoms with Gasteiger partial charge in [0.15, 0.2) is 5.82 Å². The number of nitrogens with one attached hydrogen (secondary N) is 1. The molecule has 2 heterocycles. The van der Waals surface area contributed by atoms with Crippen LogP contribution in [-0.4, -0.2) is 26.1 Å². The van der Waals surface area contributed by atoms with Gasteiger partial charge in [-0.15, -0.1) is 0 Å². The molecule has 0 aromatic carbocycles. The van der Waals surface area contributed by atoms with Crippen molar-refractivity contribution in [2.75, 3.05) is 0 Å². The van der Waals surface area contributed by atoms with Crippen molar-refractivity contribution in [2.45, 2.75) is 26.2 Å². The van der Waals surface area contributed by atoms with Crippen LogP contribution in [0.25, 0.3) is 0 Å². The van der Waals surface area contributed by atoms with E-state index in [-0.39, 0.29) is 0 Å². The van der Waals surface area contributed by atoms with Gasteiger partial charge in [0.1, 0.15) is 0 Å². The number of aromatic amines is 1. The lowest BCUT2D eigenvalue weighted by atomic mass is 10.2. The summed E-state index contributed by atoms with van der Waals surface area (Å²) in [5, 5.41) is 11.3. The van der Waals surface area contributed by atoms with Crippen molar-refractivity contribution in [3.63, 3.8) is 0 Å². The van der Waals surface area contributed by atoms with Crippen LogP contribution in [-0.2, 0) is 6.42 Å². The molecule has 0 atom stereocenters. The highest BCUT2D eigenvalue weighted by molar-refractivity contribution is 7.71. The summed E-state index contributed by atoms with van der Waals surface area (Å²) in [7, 11) is 0. The van der Waals surface area contributed by atoms with Crippen LogP contribution in [0.4, 0.5) is 0 Å². The summed E-state index contributed by atoms with van der Waals surface area (Å²) >= 11 is 5.15. The Hall–Kier alpha value is -1.82. The Morgan fingerprint density at radius 1 is 1.56 bits per heavy atom. The minimum Gasteiger partial charge on any atom is -0.264 e.